The molecule has 10 heteroatoms. The second kappa shape index (κ2) is 5.80. The van der Waals surface area contributed by atoms with Crippen molar-refractivity contribution in [1.82, 2.24) is 13.8 Å². The molecule has 1 saturated heterocycles. The fourth-order valence-electron chi connectivity index (χ4n) is 1.72. The summed E-state index contributed by atoms with van der Waals surface area (Å²) in [6, 6.07) is 8.88. The molecule has 1 aromatic carbocycles. The number of benzene rings is 1. The molecule has 0 amide bonds. The van der Waals surface area contributed by atoms with Crippen LogP contribution in [0.15, 0.2) is 30.3 Å². The Hall–Kier alpha value is -0.610. The van der Waals surface area contributed by atoms with Crippen LogP contribution < -0.4 is 5.43 Å². The van der Waals surface area contributed by atoms with Gasteiger partial charge in [0.1, 0.15) is 0 Å². The predicted molar refractivity (Wildman–Crippen MR) is 72.4 cm³/mol. The lowest BCUT2D eigenvalue weighted by molar-refractivity contribution is 0.0570. The first-order valence-electron chi connectivity index (χ1n) is 5.26. The molecule has 2 rings (SSSR count). The Balaban J connectivity index is 2.23. The molecule has 0 aromatic heterocycles. The number of hydrogen-bond acceptors (Lipinski definition) is 6. The monoisotopic (exact) mass is 326 g/mol. The normalized spacial score (nSPS) is 23.4. The minimum atomic E-state index is -4.40. The summed E-state index contributed by atoms with van der Waals surface area (Å²) >= 11 is 11.6. The topological polar surface area (TPSA) is 76.1 Å². The quantitative estimate of drug-likeness (QED) is 0.641. The van der Waals surface area contributed by atoms with E-state index in [9.17, 15) is 13.0 Å². The van der Waals surface area contributed by atoms with E-state index >= 15 is 0 Å². The van der Waals surface area contributed by atoms with Crippen molar-refractivity contribution < 1.29 is 13.0 Å². The third-order valence-electron chi connectivity index (χ3n) is 2.41. The van der Waals surface area contributed by atoms with E-state index in [-0.39, 0.29) is 13.3 Å². The summed E-state index contributed by atoms with van der Waals surface area (Å²) in [7, 11) is -4.40. The van der Waals surface area contributed by atoms with Crippen LogP contribution in [0.5, 0.6) is 0 Å². The number of para-hydroxylation sites is 1. The maximum Gasteiger partial charge on any atom is 0.298 e. The summed E-state index contributed by atoms with van der Waals surface area (Å²) in [6.07, 6.45) is 0. The first kappa shape index (κ1) is 14.8. The van der Waals surface area contributed by atoms with Gasteiger partial charge in [-0.15, -0.1) is 0 Å². The van der Waals surface area contributed by atoms with Crippen molar-refractivity contribution in [3.05, 3.63) is 30.3 Å². The average molecular weight is 327 g/mol. The van der Waals surface area contributed by atoms with Gasteiger partial charge in [-0.25, -0.2) is 0 Å². The molecule has 2 N–H and O–H groups in total. The zero-order valence-electron chi connectivity index (χ0n) is 9.65. The van der Waals surface area contributed by atoms with Crippen molar-refractivity contribution in [3.63, 3.8) is 0 Å². The lowest BCUT2D eigenvalue weighted by Gasteiger charge is -2.41. The molecule has 1 atom stereocenters. The smallest absolute Gasteiger partial charge is 0.298 e. The van der Waals surface area contributed by atoms with Crippen molar-refractivity contribution in [2.45, 2.75) is 5.50 Å². The van der Waals surface area contributed by atoms with E-state index in [0.29, 0.717) is 5.69 Å². The van der Waals surface area contributed by atoms with Gasteiger partial charge in [-0.1, -0.05) is 18.2 Å². The zero-order valence-corrected chi connectivity index (χ0v) is 12.0. The van der Waals surface area contributed by atoms with Crippen LogP contribution in [0, 0.1) is 0 Å². The highest BCUT2D eigenvalue weighted by molar-refractivity contribution is 7.86. The zero-order chi connectivity index (χ0) is 14.0. The minimum Gasteiger partial charge on any atom is -0.315 e. The molecule has 106 valence electrons. The van der Waals surface area contributed by atoms with Crippen LogP contribution >= 0.6 is 23.6 Å². The van der Waals surface area contributed by atoms with Gasteiger partial charge in [0.15, 0.2) is 0 Å². The third-order valence-corrected chi connectivity index (χ3v) is 4.08. The van der Waals surface area contributed by atoms with Gasteiger partial charge in [-0.3, -0.25) is 4.55 Å². The summed E-state index contributed by atoms with van der Waals surface area (Å²) in [4.78, 5) is 0. The second-order valence-corrected chi connectivity index (χ2v) is 6.30. The Morgan fingerprint density at radius 2 is 1.84 bits per heavy atom. The van der Waals surface area contributed by atoms with E-state index in [4.69, 9.17) is 23.6 Å². The van der Waals surface area contributed by atoms with Gasteiger partial charge in [0.25, 0.3) is 10.1 Å². The van der Waals surface area contributed by atoms with Crippen molar-refractivity contribution in [3.8, 4) is 0 Å². The van der Waals surface area contributed by atoms with Crippen molar-refractivity contribution in [2.24, 2.45) is 0 Å². The molecule has 0 spiro atoms. The van der Waals surface area contributed by atoms with Gasteiger partial charge in [0, 0.05) is 5.69 Å². The Bertz CT molecular complexity index is 530. The van der Waals surface area contributed by atoms with E-state index in [1.807, 2.05) is 6.07 Å². The van der Waals surface area contributed by atoms with Crippen LogP contribution in [0.1, 0.15) is 0 Å². The van der Waals surface area contributed by atoms with Crippen molar-refractivity contribution >= 4 is 39.4 Å². The largest absolute Gasteiger partial charge is 0.315 e. The number of nitrogens with zero attached hydrogens (tertiary/aromatic N) is 3. The molecule has 1 aliphatic heterocycles. The molecule has 19 heavy (non-hydrogen) atoms. The predicted octanol–water partition coefficient (Wildman–Crippen LogP) is 1.33. The highest BCUT2D eigenvalue weighted by Crippen LogP contribution is 2.23. The Morgan fingerprint density at radius 1 is 1.21 bits per heavy atom. The fourth-order valence-corrected chi connectivity index (χ4v) is 3.34. The Labute approximate surface area is 121 Å². The first-order chi connectivity index (χ1) is 8.88. The summed E-state index contributed by atoms with van der Waals surface area (Å²) in [5.74, 6) is 0. The number of nitrogens with one attached hydrogen (secondary N) is 1. The molecule has 1 aromatic rings. The number of halogens is 2. The summed E-state index contributed by atoms with van der Waals surface area (Å²) < 4.78 is 34.2. The number of hydrazine groups is 1. The van der Waals surface area contributed by atoms with Gasteiger partial charge in [-0.05, 0) is 35.7 Å². The standard InChI is InChI=1S/C9H12Cl2N4O3S/c10-13-6-14(11)9(19(16,17)18)15(7-13)12-8-4-2-1-3-5-8/h1-5,9,12H,6-7H2,(H,16,17,18). The molecule has 1 aliphatic rings. The molecule has 0 saturated carbocycles. The average Bonchev–Trinajstić information content (AvgIpc) is 2.27. The van der Waals surface area contributed by atoms with E-state index in [1.54, 1.807) is 24.3 Å². The third kappa shape index (κ3) is 3.69. The summed E-state index contributed by atoms with van der Waals surface area (Å²) in [5.41, 5.74) is 2.06. The van der Waals surface area contributed by atoms with Crippen molar-refractivity contribution in [2.75, 3.05) is 18.8 Å². The lowest BCUT2D eigenvalue weighted by Crippen LogP contribution is -2.60. The van der Waals surface area contributed by atoms with Gasteiger partial charge in [0.05, 0.1) is 13.3 Å². The van der Waals surface area contributed by atoms with Crippen LogP contribution in [0.25, 0.3) is 0 Å². The number of hydrogen-bond donors (Lipinski definition) is 2. The molecule has 1 fully saturated rings. The number of anilines is 1. The second-order valence-electron chi connectivity index (χ2n) is 3.93. The molecule has 0 radical (unpaired) electrons. The molecular formula is C9H12Cl2N4O3S. The lowest BCUT2D eigenvalue weighted by atomic mass is 10.3. The molecule has 0 bridgehead atoms. The molecule has 1 unspecified atom stereocenters. The maximum absolute atomic E-state index is 11.4. The maximum atomic E-state index is 11.4. The van der Waals surface area contributed by atoms with Crippen LogP contribution in [-0.2, 0) is 10.1 Å². The molecule has 0 aliphatic carbocycles. The van der Waals surface area contributed by atoms with Crippen LogP contribution in [0.2, 0.25) is 0 Å². The van der Waals surface area contributed by atoms with Crippen LogP contribution in [0.3, 0.4) is 0 Å². The minimum absolute atomic E-state index is 0.0134. The van der Waals surface area contributed by atoms with Gasteiger partial charge >= 0.3 is 0 Å². The SMILES string of the molecule is O=S(=O)(O)C1N(Cl)CN(Cl)CN1Nc1ccccc1. The molecule has 1 heterocycles. The molecule has 7 nitrogen and oxygen atoms in total. The van der Waals surface area contributed by atoms with E-state index < -0.39 is 15.6 Å². The number of rotatable bonds is 3. The first-order valence-corrected chi connectivity index (χ1v) is 7.43. The van der Waals surface area contributed by atoms with Gasteiger partial charge in [0.2, 0.25) is 5.50 Å². The Morgan fingerprint density at radius 3 is 2.42 bits per heavy atom. The Kier molecular flexibility index (Phi) is 4.51. The highest BCUT2D eigenvalue weighted by atomic mass is 35.5. The van der Waals surface area contributed by atoms with E-state index in [2.05, 4.69) is 5.43 Å². The van der Waals surface area contributed by atoms with Crippen LogP contribution in [0.4, 0.5) is 5.69 Å². The van der Waals surface area contributed by atoms with E-state index in [1.165, 1.54) is 9.43 Å². The summed E-state index contributed by atoms with van der Waals surface area (Å²) in [6.45, 7) is 0.0463. The molecular weight excluding hydrogens is 315 g/mol. The van der Waals surface area contributed by atoms with Gasteiger partial charge < -0.3 is 5.43 Å². The van der Waals surface area contributed by atoms with Gasteiger partial charge in [-0.2, -0.15) is 22.3 Å². The van der Waals surface area contributed by atoms with Crippen molar-refractivity contribution in [1.29, 1.82) is 0 Å². The summed E-state index contributed by atoms with van der Waals surface area (Å²) in [5, 5.41) is 1.22. The van der Waals surface area contributed by atoms with E-state index in [0.717, 1.165) is 4.42 Å². The highest BCUT2D eigenvalue weighted by Gasteiger charge is 2.40. The fraction of sp³-hybridized carbons (Fsp3) is 0.333. The van der Waals surface area contributed by atoms with Crippen LogP contribution in [-0.4, -0.2) is 45.7 Å².